The highest BCUT2D eigenvalue weighted by Gasteiger charge is 2.24. The summed E-state index contributed by atoms with van der Waals surface area (Å²) in [6.45, 7) is 6.85. The molecule has 4 N–H and O–H groups in total. The zero-order valence-corrected chi connectivity index (χ0v) is 10.5. The van der Waals surface area contributed by atoms with E-state index in [1.807, 2.05) is 18.2 Å². The molecule has 2 rings (SSSR count). The van der Waals surface area contributed by atoms with Gasteiger partial charge >= 0.3 is 0 Å². The summed E-state index contributed by atoms with van der Waals surface area (Å²) in [7, 11) is 0. The molecule has 1 unspecified atom stereocenters. The first-order chi connectivity index (χ1) is 8.09. The Hall–Kier alpha value is -1.42. The monoisotopic (exact) mass is 235 g/mol. The van der Waals surface area contributed by atoms with E-state index in [-0.39, 0.29) is 6.10 Å². The average molecular weight is 235 g/mol. The lowest BCUT2D eigenvalue weighted by atomic mass is 10.0. The first-order valence-corrected chi connectivity index (χ1v) is 6.10. The van der Waals surface area contributed by atoms with E-state index in [2.05, 4.69) is 18.7 Å². The molecular formula is C13H21N3O. The fourth-order valence-corrected chi connectivity index (χ4v) is 2.14. The molecule has 1 aliphatic rings. The van der Waals surface area contributed by atoms with Crippen molar-refractivity contribution < 1.29 is 4.74 Å². The van der Waals surface area contributed by atoms with Crippen LogP contribution in [0.2, 0.25) is 0 Å². The number of nitrogen functional groups attached to an aromatic ring is 2. The average Bonchev–Trinajstić information content (AvgIpc) is 2.33. The van der Waals surface area contributed by atoms with Gasteiger partial charge in [0.05, 0.1) is 29.8 Å². The fourth-order valence-electron chi connectivity index (χ4n) is 2.14. The Kier molecular flexibility index (Phi) is 3.43. The van der Waals surface area contributed by atoms with Crippen molar-refractivity contribution in [2.45, 2.75) is 20.0 Å². The second kappa shape index (κ2) is 4.84. The van der Waals surface area contributed by atoms with Gasteiger partial charge in [-0.15, -0.1) is 0 Å². The van der Waals surface area contributed by atoms with Gasteiger partial charge in [-0.2, -0.15) is 0 Å². The van der Waals surface area contributed by atoms with E-state index in [1.165, 1.54) is 0 Å². The standard InChI is InChI=1S/C13H21N3O/c1-9(2)12-8-16(6-7-17-12)11-5-3-4-10(14)13(11)15/h3-5,9,12H,6-8,14-15H2,1-2H3. The minimum Gasteiger partial charge on any atom is -0.397 e. The quantitative estimate of drug-likeness (QED) is 0.766. The van der Waals surface area contributed by atoms with Gasteiger partial charge in [-0.1, -0.05) is 19.9 Å². The molecule has 0 aliphatic carbocycles. The van der Waals surface area contributed by atoms with E-state index >= 15 is 0 Å². The van der Waals surface area contributed by atoms with E-state index < -0.39 is 0 Å². The van der Waals surface area contributed by atoms with Gasteiger partial charge in [0.2, 0.25) is 0 Å². The summed E-state index contributed by atoms with van der Waals surface area (Å²) in [5.74, 6) is 0.514. The zero-order valence-electron chi connectivity index (χ0n) is 10.5. The van der Waals surface area contributed by atoms with Crippen LogP contribution in [0, 0.1) is 5.92 Å². The van der Waals surface area contributed by atoms with Crippen LogP contribution < -0.4 is 16.4 Å². The van der Waals surface area contributed by atoms with Gasteiger partial charge in [-0.3, -0.25) is 0 Å². The highest BCUT2D eigenvalue weighted by molar-refractivity contribution is 5.79. The maximum atomic E-state index is 6.03. The van der Waals surface area contributed by atoms with Gasteiger partial charge in [0, 0.05) is 13.1 Å². The van der Waals surface area contributed by atoms with Crippen molar-refractivity contribution in [3.05, 3.63) is 18.2 Å². The highest BCUT2D eigenvalue weighted by Crippen LogP contribution is 2.30. The Balaban J connectivity index is 2.19. The lowest BCUT2D eigenvalue weighted by Crippen LogP contribution is -2.45. The van der Waals surface area contributed by atoms with Gasteiger partial charge in [0.1, 0.15) is 0 Å². The molecule has 0 saturated carbocycles. The normalized spacial score (nSPS) is 20.9. The van der Waals surface area contributed by atoms with Gasteiger partial charge in [0.25, 0.3) is 0 Å². The molecule has 0 aromatic heterocycles. The van der Waals surface area contributed by atoms with Crippen molar-refractivity contribution in [1.29, 1.82) is 0 Å². The molecule has 4 heteroatoms. The molecule has 1 atom stereocenters. The summed E-state index contributed by atoms with van der Waals surface area (Å²) in [6, 6.07) is 5.80. The number of rotatable bonds is 2. The third kappa shape index (κ3) is 2.47. The number of hydrogen-bond donors (Lipinski definition) is 2. The Morgan fingerprint density at radius 3 is 2.82 bits per heavy atom. The smallest absolute Gasteiger partial charge is 0.0785 e. The van der Waals surface area contributed by atoms with Crippen molar-refractivity contribution >= 4 is 17.1 Å². The summed E-state index contributed by atoms with van der Waals surface area (Å²) < 4.78 is 5.75. The molecule has 1 aromatic carbocycles. The molecule has 1 aromatic rings. The number of hydrogen-bond acceptors (Lipinski definition) is 4. The first-order valence-electron chi connectivity index (χ1n) is 6.10. The minimum atomic E-state index is 0.268. The maximum absolute atomic E-state index is 6.03. The Bertz CT molecular complexity index is 392. The molecule has 94 valence electrons. The topological polar surface area (TPSA) is 64.5 Å². The van der Waals surface area contributed by atoms with Crippen LogP contribution in [-0.2, 0) is 4.74 Å². The van der Waals surface area contributed by atoms with Crippen molar-refractivity contribution in [3.8, 4) is 0 Å². The van der Waals surface area contributed by atoms with Gasteiger partial charge in [-0.25, -0.2) is 0 Å². The van der Waals surface area contributed by atoms with Crippen LogP contribution in [0.3, 0.4) is 0 Å². The van der Waals surface area contributed by atoms with E-state index in [1.54, 1.807) is 0 Å². The molecule has 17 heavy (non-hydrogen) atoms. The Morgan fingerprint density at radius 2 is 2.12 bits per heavy atom. The number of anilines is 3. The molecule has 4 nitrogen and oxygen atoms in total. The maximum Gasteiger partial charge on any atom is 0.0785 e. The predicted molar refractivity (Wildman–Crippen MR) is 72.1 cm³/mol. The van der Waals surface area contributed by atoms with Crippen LogP contribution in [0.1, 0.15) is 13.8 Å². The van der Waals surface area contributed by atoms with Gasteiger partial charge in [-0.05, 0) is 18.1 Å². The lowest BCUT2D eigenvalue weighted by Gasteiger charge is -2.37. The Morgan fingerprint density at radius 1 is 1.35 bits per heavy atom. The van der Waals surface area contributed by atoms with Crippen LogP contribution in [0.4, 0.5) is 17.1 Å². The fraction of sp³-hybridized carbons (Fsp3) is 0.538. The largest absolute Gasteiger partial charge is 0.397 e. The highest BCUT2D eigenvalue weighted by atomic mass is 16.5. The second-order valence-electron chi connectivity index (χ2n) is 4.88. The molecule has 1 aliphatic heterocycles. The van der Waals surface area contributed by atoms with E-state index in [0.29, 0.717) is 17.3 Å². The number of ether oxygens (including phenoxy) is 1. The van der Waals surface area contributed by atoms with Crippen molar-refractivity contribution in [2.75, 3.05) is 36.1 Å². The van der Waals surface area contributed by atoms with E-state index in [9.17, 15) is 0 Å². The zero-order chi connectivity index (χ0) is 12.4. The number of para-hydroxylation sites is 1. The minimum absolute atomic E-state index is 0.268. The SMILES string of the molecule is CC(C)C1CN(c2cccc(N)c2N)CCO1. The summed E-state index contributed by atoms with van der Waals surface area (Å²) in [6.07, 6.45) is 0.268. The van der Waals surface area contributed by atoms with E-state index in [4.69, 9.17) is 16.2 Å². The molecule has 1 fully saturated rings. The number of nitrogens with zero attached hydrogens (tertiary/aromatic N) is 1. The third-order valence-corrected chi connectivity index (χ3v) is 3.29. The molecule has 0 amide bonds. The van der Waals surface area contributed by atoms with Crippen molar-refractivity contribution in [3.63, 3.8) is 0 Å². The number of morpholine rings is 1. The summed E-state index contributed by atoms with van der Waals surface area (Å²) in [4.78, 5) is 2.26. The van der Waals surface area contributed by atoms with Crippen LogP contribution in [-0.4, -0.2) is 25.8 Å². The molecule has 1 saturated heterocycles. The third-order valence-electron chi connectivity index (χ3n) is 3.29. The summed E-state index contributed by atoms with van der Waals surface area (Å²) >= 11 is 0. The number of benzene rings is 1. The van der Waals surface area contributed by atoms with Crippen LogP contribution >= 0.6 is 0 Å². The second-order valence-corrected chi connectivity index (χ2v) is 4.88. The molecular weight excluding hydrogens is 214 g/mol. The Labute approximate surface area is 103 Å². The summed E-state index contributed by atoms with van der Waals surface area (Å²) in [5.41, 5.74) is 14.2. The molecule has 0 spiro atoms. The van der Waals surface area contributed by atoms with Crippen LogP contribution in [0.25, 0.3) is 0 Å². The lowest BCUT2D eigenvalue weighted by molar-refractivity contribution is 0.0114. The van der Waals surface area contributed by atoms with Crippen molar-refractivity contribution in [1.82, 2.24) is 0 Å². The van der Waals surface area contributed by atoms with Crippen molar-refractivity contribution in [2.24, 2.45) is 5.92 Å². The van der Waals surface area contributed by atoms with Crippen LogP contribution in [0.5, 0.6) is 0 Å². The molecule has 0 radical (unpaired) electrons. The van der Waals surface area contributed by atoms with E-state index in [0.717, 1.165) is 25.4 Å². The number of nitrogens with two attached hydrogens (primary N) is 2. The van der Waals surface area contributed by atoms with Gasteiger partial charge in [0.15, 0.2) is 0 Å². The predicted octanol–water partition coefficient (Wildman–Crippen LogP) is 1.71. The van der Waals surface area contributed by atoms with Gasteiger partial charge < -0.3 is 21.1 Å². The van der Waals surface area contributed by atoms with Crippen LogP contribution in [0.15, 0.2) is 18.2 Å². The first kappa shape index (κ1) is 12.0. The summed E-state index contributed by atoms with van der Waals surface area (Å²) in [5, 5.41) is 0. The molecule has 0 bridgehead atoms. The molecule has 1 heterocycles.